The topological polar surface area (TPSA) is 12.0 Å². The van der Waals surface area contributed by atoms with Crippen molar-refractivity contribution in [1.82, 2.24) is 4.72 Å². The van der Waals surface area contributed by atoms with Crippen LogP contribution in [0.2, 0.25) is 0 Å². The van der Waals surface area contributed by atoms with E-state index in [1.807, 2.05) is 11.9 Å². The van der Waals surface area contributed by atoms with Crippen molar-refractivity contribution in [2.75, 3.05) is 6.54 Å². The van der Waals surface area contributed by atoms with Gasteiger partial charge in [-0.25, -0.2) is 0 Å². The standard InChI is InChI=1S/C5H11NS/c1-4(2)5-3-6-7-5/h4-6H,3H2,1-2H3. The summed E-state index contributed by atoms with van der Waals surface area (Å²) in [5, 5.41) is 0.889. The van der Waals surface area contributed by atoms with Crippen LogP contribution in [-0.4, -0.2) is 11.8 Å². The Balaban J connectivity index is 2.14. The van der Waals surface area contributed by atoms with E-state index < -0.39 is 0 Å². The Morgan fingerprint density at radius 2 is 2.29 bits per heavy atom. The fourth-order valence-electron chi connectivity index (χ4n) is 0.551. The molecule has 0 aromatic carbocycles. The third-order valence-corrected chi connectivity index (χ3v) is 2.61. The minimum Gasteiger partial charge on any atom is -0.263 e. The van der Waals surface area contributed by atoms with Crippen molar-refractivity contribution in [3.8, 4) is 0 Å². The van der Waals surface area contributed by atoms with Crippen LogP contribution in [0.5, 0.6) is 0 Å². The van der Waals surface area contributed by atoms with E-state index in [1.54, 1.807) is 0 Å². The lowest BCUT2D eigenvalue weighted by Gasteiger charge is -2.28. The van der Waals surface area contributed by atoms with E-state index in [0.717, 1.165) is 11.2 Å². The zero-order chi connectivity index (χ0) is 5.28. The molecule has 1 fully saturated rings. The summed E-state index contributed by atoms with van der Waals surface area (Å²) in [4.78, 5) is 0. The molecule has 1 N–H and O–H groups in total. The van der Waals surface area contributed by atoms with Crippen LogP contribution in [0.15, 0.2) is 0 Å². The minimum absolute atomic E-state index is 0.853. The lowest BCUT2D eigenvalue weighted by atomic mass is 10.1. The predicted molar refractivity (Wildman–Crippen MR) is 34.2 cm³/mol. The van der Waals surface area contributed by atoms with Gasteiger partial charge < -0.3 is 0 Å². The van der Waals surface area contributed by atoms with Crippen LogP contribution in [0, 0.1) is 5.92 Å². The quantitative estimate of drug-likeness (QED) is 0.519. The maximum atomic E-state index is 3.16. The van der Waals surface area contributed by atoms with Crippen molar-refractivity contribution >= 4 is 11.9 Å². The van der Waals surface area contributed by atoms with Gasteiger partial charge in [0.05, 0.1) is 0 Å². The van der Waals surface area contributed by atoms with Crippen molar-refractivity contribution in [2.24, 2.45) is 5.92 Å². The van der Waals surface area contributed by atoms with E-state index in [-0.39, 0.29) is 0 Å². The molecule has 0 aromatic heterocycles. The Labute approximate surface area is 49.0 Å². The molecule has 0 aromatic rings. The maximum Gasteiger partial charge on any atom is 0.0349 e. The van der Waals surface area contributed by atoms with Gasteiger partial charge in [0.25, 0.3) is 0 Å². The van der Waals surface area contributed by atoms with E-state index in [2.05, 4.69) is 18.6 Å². The van der Waals surface area contributed by atoms with Gasteiger partial charge in [0, 0.05) is 11.8 Å². The molecule has 1 nitrogen and oxygen atoms in total. The highest BCUT2D eigenvalue weighted by atomic mass is 32.2. The third kappa shape index (κ3) is 1.10. The van der Waals surface area contributed by atoms with Gasteiger partial charge in [0.1, 0.15) is 0 Å². The van der Waals surface area contributed by atoms with E-state index in [1.165, 1.54) is 6.54 Å². The lowest BCUT2D eigenvalue weighted by molar-refractivity contribution is 0.570. The van der Waals surface area contributed by atoms with Crippen LogP contribution in [0.25, 0.3) is 0 Å². The molecule has 0 bridgehead atoms. The SMILES string of the molecule is CC(C)C1CNS1. The molecule has 1 aliphatic heterocycles. The van der Waals surface area contributed by atoms with Gasteiger partial charge in [0.2, 0.25) is 0 Å². The number of hydrogen-bond donors (Lipinski definition) is 1. The van der Waals surface area contributed by atoms with Crippen LogP contribution >= 0.6 is 11.9 Å². The van der Waals surface area contributed by atoms with Crippen LogP contribution in [0.4, 0.5) is 0 Å². The molecule has 1 heterocycles. The second kappa shape index (κ2) is 2.05. The van der Waals surface area contributed by atoms with Crippen molar-refractivity contribution in [2.45, 2.75) is 19.1 Å². The second-order valence-corrected chi connectivity index (χ2v) is 3.38. The van der Waals surface area contributed by atoms with Crippen LogP contribution in [0.3, 0.4) is 0 Å². The first kappa shape index (κ1) is 5.45. The van der Waals surface area contributed by atoms with E-state index in [0.29, 0.717) is 0 Å². The Morgan fingerprint density at radius 3 is 2.29 bits per heavy atom. The van der Waals surface area contributed by atoms with Gasteiger partial charge >= 0.3 is 0 Å². The largest absolute Gasteiger partial charge is 0.263 e. The maximum absolute atomic E-state index is 3.16. The summed E-state index contributed by atoms with van der Waals surface area (Å²) in [6.07, 6.45) is 0. The van der Waals surface area contributed by atoms with Crippen molar-refractivity contribution in [3.63, 3.8) is 0 Å². The van der Waals surface area contributed by atoms with Crippen LogP contribution in [0.1, 0.15) is 13.8 Å². The van der Waals surface area contributed by atoms with Gasteiger partial charge in [-0.1, -0.05) is 25.8 Å². The molecular weight excluding hydrogens is 106 g/mol. The molecule has 42 valence electrons. The average Bonchev–Trinajstić information content (AvgIpc) is 1.23. The highest BCUT2D eigenvalue weighted by molar-refractivity contribution is 7.99. The summed E-state index contributed by atoms with van der Waals surface area (Å²) in [6, 6.07) is 0. The first-order valence-electron chi connectivity index (χ1n) is 2.69. The molecule has 0 saturated carbocycles. The van der Waals surface area contributed by atoms with Crippen LogP contribution < -0.4 is 4.72 Å². The molecule has 0 amide bonds. The normalized spacial score (nSPS) is 30.4. The van der Waals surface area contributed by atoms with E-state index >= 15 is 0 Å². The Hall–Kier alpha value is 0.310. The zero-order valence-corrected chi connectivity index (χ0v) is 5.59. The summed E-state index contributed by atoms with van der Waals surface area (Å²) in [7, 11) is 0. The van der Waals surface area contributed by atoms with E-state index in [9.17, 15) is 0 Å². The Kier molecular flexibility index (Phi) is 1.60. The fraction of sp³-hybridized carbons (Fsp3) is 1.00. The monoisotopic (exact) mass is 117 g/mol. The number of hydrogen-bond acceptors (Lipinski definition) is 2. The molecule has 1 saturated heterocycles. The number of rotatable bonds is 1. The first-order chi connectivity index (χ1) is 3.30. The highest BCUT2D eigenvalue weighted by Crippen LogP contribution is 2.22. The van der Waals surface area contributed by atoms with Crippen molar-refractivity contribution < 1.29 is 0 Å². The van der Waals surface area contributed by atoms with Gasteiger partial charge in [-0.3, -0.25) is 4.72 Å². The molecule has 0 aliphatic carbocycles. The molecule has 1 rings (SSSR count). The summed E-state index contributed by atoms with van der Waals surface area (Å²) >= 11 is 1.86. The Morgan fingerprint density at radius 1 is 1.71 bits per heavy atom. The van der Waals surface area contributed by atoms with Crippen molar-refractivity contribution in [3.05, 3.63) is 0 Å². The highest BCUT2D eigenvalue weighted by Gasteiger charge is 2.20. The molecule has 1 atom stereocenters. The molecule has 0 radical (unpaired) electrons. The van der Waals surface area contributed by atoms with Gasteiger partial charge in [-0.2, -0.15) is 0 Å². The lowest BCUT2D eigenvalue weighted by Crippen LogP contribution is -2.37. The van der Waals surface area contributed by atoms with Gasteiger partial charge in [0.15, 0.2) is 0 Å². The van der Waals surface area contributed by atoms with Gasteiger partial charge in [-0.15, -0.1) is 0 Å². The molecular formula is C5H11NS. The van der Waals surface area contributed by atoms with Gasteiger partial charge in [-0.05, 0) is 5.92 Å². The zero-order valence-electron chi connectivity index (χ0n) is 4.77. The molecule has 1 aliphatic rings. The summed E-state index contributed by atoms with van der Waals surface area (Å²) < 4.78 is 3.16. The second-order valence-electron chi connectivity index (χ2n) is 2.25. The minimum atomic E-state index is 0.853. The summed E-state index contributed by atoms with van der Waals surface area (Å²) in [6.45, 7) is 5.74. The smallest absolute Gasteiger partial charge is 0.0349 e. The van der Waals surface area contributed by atoms with E-state index in [4.69, 9.17) is 0 Å². The first-order valence-corrected chi connectivity index (χ1v) is 3.57. The number of nitrogens with one attached hydrogen (secondary N) is 1. The summed E-state index contributed by atoms with van der Waals surface area (Å²) in [5.41, 5.74) is 0. The fourth-order valence-corrected chi connectivity index (χ4v) is 1.18. The van der Waals surface area contributed by atoms with Crippen LogP contribution in [-0.2, 0) is 0 Å². The molecule has 2 heteroatoms. The van der Waals surface area contributed by atoms with Crippen molar-refractivity contribution in [1.29, 1.82) is 0 Å². The molecule has 7 heavy (non-hydrogen) atoms. The summed E-state index contributed by atoms with van der Waals surface area (Å²) in [5.74, 6) is 0.853. The Bertz CT molecular complexity index is 59.1. The third-order valence-electron chi connectivity index (χ3n) is 1.26. The molecule has 1 unspecified atom stereocenters. The molecule has 0 spiro atoms. The average molecular weight is 117 g/mol. The predicted octanol–water partition coefficient (Wildman–Crippen LogP) is 1.26.